The van der Waals surface area contributed by atoms with Crippen molar-refractivity contribution in [1.29, 1.82) is 0 Å². The molecule has 0 aromatic carbocycles. The molecule has 2 saturated carbocycles. The van der Waals surface area contributed by atoms with Gasteiger partial charge in [0.25, 0.3) is 0 Å². The van der Waals surface area contributed by atoms with Crippen molar-refractivity contribution >= 4 is 8.32 Å². The van der Waals surface area contributed by atoms with Gasteiger partial charge in [-0.25, -0.2) is 0 Å². The molecule has 0 aliphatic heterocycles. The van der Waals surface area contributed by atoms with Gasteiger partial charge < -0.3 is 9.53 Å². The van der Waals surface area contributed by atoms with Crippen LogP contribution in [0.15, 0.2) is 23.3 Å². The summed E-state index contributed by atoms with van der Waals surface area (Å²) in [4.78, 5) is 0. The fraction of sp³-hybridized carbons (Fsp3) is 0.846. The van der Waals surface area contributed by atoms with Gasteiger partial charge in [0, 0.05) is 0 Å². The third-order valence-corrected chi connectivity index (χ3v) is 14.0. The lowest BCUT2D eigenvalue weighted by molar-refractivity contribution is -0.00766. The molecule has 2 bridgehead atoms. The van der Waals surface area contributed by atoms with Gasteiger partial charge in [0.1, 0.15) is 0 Å². The molecule has 0 saturated heterocycles. The van der Waals surface area contributed by atoms with Gasteiger partial charge in [0.2, 0.25) is 0 Å². The van der Waals surface area contributed by atoms with Crippen LogP contribution in [-0.2, 0) is 4.43 Å². The second-order valence-corrected chi connectivity index (χ2v) is 17.6. The van der Waals surface area contributed by atoms with E-state index in [0.717, 1.165) is 24.8 Å². The highest BCUT2D eigenvalue weighted by Crippen LogP contribution is 2.59. The standard InChI is InChI=1S/C26H46O2Si/c1-17-11-12-19-15-20-18(2)21(27)13-14-26(20,8)16-22(23(17)25(19,6)7)28-29(9,10)24(3,4)5/h19-22,27H,2,11-16H2,1,3-10H3/t19-,20+,21-,22-,26-/m0/s1. The molecular formula is C26H46O2Si. The van der Waals surface area contributed by atoms with Crippen LogP contribution in [0.5, 0.6) is 0 Å². The second kappa shape index (κ2) is 7.34. The van der Waals surface area contributed by atoms with Gasteiger partial charge >= 0.3 is 0 Å². The number of rotatable bonds is 2. The first-order chi connectivity index (χ1) is 13.1. The summed E-state index contributed by atoms with van der Waals surface area (Å²) in [6, 6.07) is 0. The van der Waals surface area contributed by atoms with Crippen LogP contribution >= 0.6 is 0 Å². The fourth-order valence-corrected chi connectivity index (χ4v) is 7.65. The van der Waals surface area contributed by atoms with E-state index in [1.807, 2.05) is 0 Å². The maximum Gasteiger partial charge on any atom is 0.192 e. The fourth-order valence-electron chi connectivity index (χ4n) is 6.39. The maximum atomic E-state index is 10.6. The lowest BCUT2D eigenvalue weighted by Crippen LogP contribution is -2.52. The Balaban J connectivity index is 2.10. The number of hydrogen-bond acceptors (Lipinski definition) is 2. The second-order valence-electron chi connectivity index (χ2n) is 12.8. The molecule has 0 aromatic rings. The molecule has 0 amide bonds. The topological polar surface area (TPSA) is 29.5 Å². The summed E-state index contributed by atoms with van der Waals surface area (Å²) in [5, 5.41) is 10.8. The Labute approximate surface area is 181 Å². The van der Waals surface area contributed by atoms with Crippen molar-refractivity contribution in [2.45, 2.75) is 117 Å². The first-order valence-corrected chi connectivity index (χ1v) is 14.8. The zero-order valence-corrected chi connectivity index (χ0v) is 21.6. The molecule has 0 radical (unpaired) electrons. The summed E-state index contributed by atoms with van der Waals surface area (Å²) in [6.07, 6.45) is 6.49. The maximum absolute atomic E-state index is 10.6. The van der Waals surface area contributed by atoms with Gasteiger partial charge in [0.05, 0.1) is 12.2 Å². The van der Waals surface area contributed by atoms with E-state index in [0.29, 0.717) is 11.8 Å². The van der Waals surface area contributed by atoms with Crippen LogP contribution in [-0.4, -0.2) is 25.6 Å². The highest BCUT2D eigenvalue weighted by atomic mass is 28.4. The van der Waals surface area contributed by atoms with Crippen molar-refractivity contribution in [3.8, 4) is 0 Å². The van der Waals surface area contributed by atoms with E-state index in [-0.39, 0.29) is 28.1 Å². The first kappa shape index (κ1) is 23.3. The van der Waals surface area contributed by atoms with E-state index in [1.165, 1.54) is 19.3 Å². The monoisotopic (exact) mass is 418 g/mol. The molecule has 3 aliphatic rings. The minimum Gasteiger partial charge on any atom is -0.410 e. The average Bonchev–Trinajstić information content (AvgIpc) is 2.54. The molecule has 0 unspecified atom stereocenters. The summed E-state index contributed by atoms with van der Waals surface area (Å²) in [5.41, 5.74) is 4.59. The molecule has 166 valence electrons. The predicted octanol–water partition coefficient (Wildman–Crippen LogP) is 7.26. The van der Waals surface area contributed by atoms with Gasteiger partial charge in [-0.15, -0.1) is 0 Å². The summed E-state index contributed by atoms with van der Waals surface area (Å²) < 4.78 is 7.24. The minimum atomic E-state index is -1.91. The highest BCUT2D eigenvalue weighted by Gasteiger charge is 2.53. The zero-order chi connectivity index (χ0) is 22.0. The van der Waals surface area contributed by atoms with Crippen LogP contribution in [0, 0.1) is 22.7 Å². The van der Waals surface area contributed by atoms with E-state index in [1.54, 1.807) is 11.1 Å². The molecule has 3 rings (SSSR count). The molecule has 3 heteroatoms. The Bertz CT molecular complexity index is 696. The average molecular weight is 419 g/mol. The van der Waals surface area contributed by atoms with Crippen molar-refractivity contribution in [3.05, 3.63) is 23.3 Å². The van der Waals surface area contributed by atoms with E-state index < -0.39 is 8.32 Å². The van der Waals surface area contributed by atoms with Gasteiger partial charge in [-0.05, 0) is 97.4 Å². The number of hydrogen-bond donors (Lipinski definition) is 1. The van der Waals surface area contributed by atoms with Crippen LogP contribution in [0.2, 0.25) is 18.1 Å². The van der Waals surface area contributed by atoms with Crippen molar-refractivity contribution in [1.82, 2.24) is 0 Å². The van der Waals surface area contributed by atoms with Crippen LogP contribution in [0.4, 0.5) is 0 Å². The molecular weight excluding hydrogens is 372 g/mol. The third-order valence-electron chi connectivity index (χ3n) is 9.49. The largest absolute Gasteiger partial charge is 0.410 e. The van der Waals surface area contributed by atoms with E-state index in [2.05, 4.69) is 68.1 Å². The smallest absolute Gasteiger partial charge is 0.192 e. The molecule has 1 N–H and O–H groups in total. The lowest BCUT2D eigenvalue weighted by Gasteiger charge is -2.56. The SMILES string of the molecule is C=C1[C@H]2C[C@@H]3CCC(C)=C([C@@H](O[Si](C)(C)C(C)(C)C)C[C@]2(C)CC[C@@H]1O)C3(C)C. The van der Waals surface area contributed by atoms with Crippen molar-refractivity contribution in [3.63, 3.8) is 0 Å². The lowest BCUT2D eigenvalue weighted by atomic mass is 9.52. The Morgan fingerprint density at radius 3 is 2.34 bits per heavy atom. The van der Waals surface area contributed by atoms with Crippen LogP contribution in [0.1, 0.15) is 87.0 Å². The zero-order valence-electron chi connectivity index (χ0n) is 20.6. The molecule has 2 fully saturated rings. The van der Waals surface area contributed by atoms with Crippen molar-refractivity contribution < 1.29 is 9.53 Å². The van der Waals surface area contributed by atoms with Crippen LogP contribution < -0.4 is 0 Å². The Morgan fingerprint density at radius 1 is 1.14 bits per heavy atom. The van der Waals surface area contributed by atoms with Gasteiger partial charge in [-0.1, -0.05) is 53.7 Å². The Kier molecular flexibility index (Phi) is 5.90. The quantitative estimate of drug-likeness (QED) is 0.378. The molecule has 0 aromatic heterocycles. The summed E-state index contributed by atoms with van der Waals surface area (Å²) >= 11 is 0. The van der Waals surface area contributed by atoms with Crippen LogP contribution in [0.3, 0.4) is 0 Å². The van der Waals surface area contributed by atoms with E-state index in [4.69, 9.17) is 4.43 Å². The Morgan fingerprint density at radius 2 is 1.76 bits per heavy atom. The number of aliphatic hydroxyl groups is 1. The Hall–Kier alpha value is -0.383. The third kappa shape index (κ3) is 3.96. The summed E-state index contributed by atoms with van der Waals surface area (Å²) in [5.74, 6) is 1.04. The molecule has 0 heterocycles. The number of allylic oxidation sites excluding steroid dienone is 1. The van der Waals surface area contributed by atoms with Gasteiger partial charge in [-0.2, -0.15) is 0 Å². The van der Waals surface area contributed by atoms with Gasteiger partial charge in [-0.3, -0.25) is 0 Å². The normalized spacial score (nSPS) is 38.3. The number of fused-ring (bicyclic) bond motifs is 3. The molecule has 2 nitrogen and oxygen atoms in total. The summed E-state index contributed by atoms with van der Waals surface area (Å²) in [6.45, 7) is 26.0. The van der Waals surface area contributed by atoms with Crippen LogP contribution in [0.25, 0.3) is 0 Å². The molecule has 5 atom stereocenters. The highest BCUT2D eigenvalue weighted by molar-refractivity contribution is 6.74. The van der Waals surface area contributed by atoms with E-state index >= 15 is 0 Å². The summed E-state index contributed by atoms with van der Waals surface area (Å²) in [7, 11) is -1.91. The van der Waals surface area contributed by atoms with E-state index in [9.17, 15) is 5.11 Å². The molecule has 29 heavy (non-hydrogen) atoms. The predicted molar refractivity (Wildman–Crippen MR) is 126 cm³/mol. The first-order valence-electron chi connectivity index (χ1n) is 11.8. The van der Waals surface area contributed by atoms with Gasteiger partial charge in [0.15, 0.2) is 8.32 Å². The minimum absolute atomic E-state index is 0.152. The molecule has 3 aliphatic carbocycles. The molecule has 0 spiro atoms. The van der Waals surface area contributed by atoms with Crippen molar-refractivity contribution in [2.75, 3.05) is 0 Å². The van der Waals surface area contributed by atoms with Crippen molar-refractivity contribution in [2.24, 2.45) is 22.7 Å². The number of aliphatic hydroxyl groups excluding tert-OH is 1.